The minimum Gasteiger partial charge on any atom is -0.462 e. The summed E-state index contributed by atoms with van der Waals surface area (Å²) in [5.41, 5.74) is 0. The lowest BCUT2D eigenvalue weighted by atomic mass is 9.85. The molecule has 0 aromatic carbocycles. The smallest absolute Gasteiger partial charge is 0.462 e. The normalized spacial score (nSPS) is 22.1. The van der Waals surface area contributed by atoms with Gasteiger partial charge in [0.05, 0.1) is 6.61 Å². The molecule has 0 bridgehead atoms. The summed E-state index contributed by atoms with van der Waals surface area (Å²) in [6.07, 6.45) is 30.8. The highest BCUT2D eigenvalue weighted by Gasteiger charge is 2.51. The molecule has 1 aliphatic rings. The zero-order valence-electron chi connectivity index (χ0n) is 38.4. The van der Waals surface area contributed by atoms with Crippen molar-refractivity contribution in [2.24, 2.45) is 0 Å². The number of rotatable bonds is 40. The van der Waals surface area contributed by atoms with Crippen molar-refractivity contribution in [2.75, 3.05) is 13.2 Å². The van der Waals surface area contributed by atoms with Gasteiger partial charge >= 0.3 is 19.8 Å². The first kappa shape index (κ1) is 58.1. The predicted molar refractivity (Wildman–Crippen MR) is 244 cm³/mol. The number of aliphatic hydroxyl groups is 5. The van der Waals surface area contributed by atoms with E-state index in [2.05, 4.69) is 38.2 Å². The van der Waals surface area contributed by atoms with Crippen LogP contribution in [0, 0.1) is 0 Å². The van der Waals surface area contributed by atoms with E-state index in [1.54, 1.807) is 0 Å². The SMILES string of the molecule is CCCCCCCC/C=C/C/C=C/CCC(=O)OC(COC(=O)CCCCCCCCC/C=C/CCCCCCCCCCC)COP(=O)(O)OC1C(O)C(O)C(O)[C@H](O)C1O. The third-order valence-corrected chi connectivity index (χ3v) is 12.2. The van der Waals surface area contributed by atoms with Crippen LogP contribution < -0.4 is 0 Å². The number of carbonyl (C=O) groups is 2. The van der Waals surface area contributed by atoms with E-state index in [4.69, 9.17) is 18.5 Å². The number of aliphatic hydroxyl groups excluding tert-OH is 5. The van der Waals surface area contributed by atoms with E-state index in [0.29, 0.717) is 12.8 Å². The summed E-state index contributed by atoms with van der Waals surface area (Å²) >= 11 is 0. The number of phosphoric acid groups is 1. The summed E-state index contributed by atoms with van der Waals surface area (Å²) in [4.78, 5) is 35.7. The van der Waals surface area contributed by atoms with Gasteiger partial charge in [-0.2, -0.15) is 0 Å². The third kappa shape index (κ3) is 30.3. The standard InChI is InChI=1S/C48H87O13P/c1-3-5-7-9-11-13-15-17-18-19-20-21-22-23-25-26-28-30-32-34-36-41(49)58-38-40(39-59-62(56,57)61-48-46(54)44(52)43(51)45(53)47(48)55)60-42(50)37-35-33-31-29-27-24-16-14-12-10-8-6-4-2/h20-21,24,27,31,33,40,43-48,51-55H,3-19,22-23,25-26,28-30,32,34-39H2,1-2H3,(H,56,57)/b21-20+,27-24+,33-31+/t40?,43?,44-,45?,46?,47?,48?/m0/s1. The number of carbonyl (C=O) groups excluding carboxylic acids is 2. The summed E-state index contributed by atoms with van der Waals surface area (Å²) in [5, 5.41) is 50.1. The van der Waals surface area contributed by atoms with Crippen molar-refractivity contribution < 1.29 is 63.1 Å². The highest BCUT2D eigenvalue weighted by Crippen LogP contribution is 2.47. The van der Waals surface area contributed by atoms with Gasteiger partial charge in [-0.1, -0.05) is 166 Å². The number of hydrogen-bond acceptors (Lipinski definition) is 12. The van der Waals surface area contributed by atoms with E-state index in [0.717, 1.165) is 44.9 Å². The number of allylic oxidation sites excluding steroid dienone is 6. The van der Waals surface area contributed by atoms with Gasteiger partial charge in [0.1, 0.15) is 43.2 Å². The number of phosphoric ester groups is 1. The van der Waals surface area contributed by atoms with Gasteiger partial charge in [-0.3, -0.25) is 18.6 Å². The topological polar surface area (TPSA) is 210 Å². The quantitative estimate of drug-likeness (QED) is 0.0147. The minimum absolute atomic E-state index is 0.00955. The van der Waals surface area contributed by atoms with Crippen molar-refractivity contribution >= 4 is 19.8 Å². The van der Waals surface area contributed by atoms with Crippen molar-refractivity contribution in [3.05, 3.63) is 36.5 Å². The van der Waals surface area contributed by atoms with Crippen LogP contribution >= 0.6 is 7.82 Å². The summed E-state index contributed by atoms with van der Waals surface area (Å²) in [6.45, 7) is 3.24. The van der Waals surface area contributed by atoms with Gasteiger partial charge in [0.25, 0.3) is 0 Å². The molecule has 0 aromatic rings. The van der Waals surface area contributed by atoms with E-state index < -0.39 is 75.7 Å². The molecule has 0 aromatic heterocycles. The molecule has 1 saturated carbocycles. The molecule has 0 saturated heterocycles. The Labute approximate surface area is 374 Å². The van der Waals surface area contributed by atoms with Gasteiger partial charge in [0, 0.05) is 12.8 Å². The van der Waals surface area contributed by atoms with Crippen LogP contribution in [0.2, 0.25) is 0 Å². The monoisotopic (exact) mass is 903 g/mol. The second kappa shape index (κ2) is 38.3. The van der Waals surface area contributed by atoms with E-state index >= 15 is 0 Å². The summed E-state index contributed by atoms with van der Waals surface area (Å²) in [5.74, 6) is -1.18. The molecule has 6 N–H and O–H groups in total. The molecule has 1 aliphatic carbocycles. The zero-order valence-corrected chi connectivity index (χ0v) is 39.3. The molecular weight excluding hydrogens is 815 g/mol. The Morgan fingerprint density at radius 3 is 1.39 bits per heavy atom. The predicted octanol–water partition coefficient (Wildman–Crippen LogP) is 9.78. The molecule has 0 aliphatic heterocycles. The molecule has 0 amide bonds. The van der Waals surface area contributed by atoms with Gasteiger partial charge in [0.15, 0.2) is 6.10 Å². The van der Waals surface area contributed by atoms with Crippen LogP contribution in [0.4, 0.5) is 0 Å². The van der Waals surface area contributed by atoms with Crippen LogP contribution in [0.5, 0.6) is 0 Å². The fraction of sp³-hybridized carbons (Fsp3) is 0.833. The van der Waals surface area contributed by atoms with Crippen LogP contribution in [0.3, 0.4) is 0 Å². The second-order valence-electron chi connectivity index (χ2n) is 17.0. The lowest BCUT2D eigenvalue weighted by Crippen LogP contribution is -2.64. The maximum absolute atomic E-state index is 12.8. The first-order valence-corrected chi connectivity index (χ1v) is 25.8. The van der Waals surface area contributed by atoms with Crippen LogP contribution in [0.25, 0.3) is 0 Å². The lowest BCUT2D eigenvalue weighted by Gasteiger charge is -2.41. The Hall–Kier alpha value is -1.93. The molecule has 13 nitrogen and oxygen atoms in total. The molecule has 14 heteroatoms. The largest absolute Gasteiger partial charge is 0.472 e. The van der Waals surface area contributed by atoms with Gasteiger partial charge in [-0.05, 0) is 57.8 Å². The highest BCUT2D eigenvalue weighted by molar-refractivity contribution is 7.47. The van der Waals surface area contributed by atoms with E-state index in [1.165, 1.54) is 116 Å². The molecule has 7 unspecified atom stereocenters. The maximum Gasteiger partial charge on any atom is 0.472 e. The Kier molecular flexibility index (Phi) is 35.9. The van der Waals surface area contributed by atoms with Crippen molar-refractivity contribution in [1.82, 2.24) is 0 Å². The molecule has 0 spiro atoms. The molecule has 62 heavy (non-hydrogen) atoms. The van der Waals surface area contributed by atoms with Crippen molar-refractivity contribution in [1.29, 1.82) is 0 Å². The molecule has 1 rings (SSSR count). The van der Waals surface area contributed by atoms with Gasteiger partial charge < -0.3 is 39.9 Å². The fourth-order valence-corrected chi connectivity index (χ4v) is 8.25. The minimum atomic E-state index is -5.13. The second-order valence-corrected chi connectivity index (χ2v) is 18.4. The lowest BCUT2D eigenvalue weighted by molar-refractivity contribution is -0.220. The van der Waals surface area contributed by atoms with E-state index in [1.807, 2.05) is 12.2 Å². The van der Waals surface area contributed by atoms with E-state index in [9.17, 15) is 44.6 Å². The molecule has 1 fully saturated rings. The van der Waals surface area contributed by atoms with Crippen LogP contribution in [0.15, 0.2) is 36.5 Å². The fourth-order valence-electron chi connectivity index (χ4n) is 7.28. The number of ether oxygens (including phenoxy) is 2. The number of unbranched alkanes of at least 4 members (excludes halogenated alkanes) is 22. The summed E-state index contributed by atoms with van der Waals surface area (Å²) in [7, 11) is -5.13. The summed E-state index contributed by atoms with van der Waals surface area (Å²) < 4.78 is 33.5. The maximum atomic E-state index is 12.8. The third-order valence-electron chi connectivity index (χ3n) is 11.2. The van der Waals surface area contributed by atoms with Crippen molar-refractivity contribution in [3.8, 4) is 0 Å². The van der Waals surface area contributed by atoms with Crippen LogP contribution in [-0.2, 0) is 32.7 Å². The average Bonchev–Trinajstić information content (AvgIpc) is 3.25. The Balaban J connectivity index is 2.43. The first-order chi connectivity index (χ1) is 29.9. The van der Waals surface area contributed by atoms with Gasteiger partial charge in [0.2, 0.25) is 0 Å². The van der Waals surface area contributed by atoms with Crippen LogP contribution in [-0.4, -0.2) is 98.3 Å². The average molecular weight is 903 g/mol. The molecule has 8 atom stereocenters. The highest BCUT2D eigenvalue weighted by atomic mass is 31.2. The number of hydrogen-bond donors (Lipinski definition) is 6. The van der Waals surface area contributed by atoms with Gasteiger partial charge in [-0.15, -0.1) is 0 Å². The molecule has 0 heterocycles. The van der Waals surface area contributed by atoms with Gasteiger partial charge in [-0.25, -0.2) is 4.57 Å². The zero-order chi connectivity index (χ0) is 45.7. The van der Waals surface area contributed by atoms with Crippen molar-refractivity contribution in [2.45, 2.75) is 243 Å². The molecule has 0 radical (unpaired) electrons. The Morgan fingerprint density at radius 2 is 0.903 bits per heavy atom. The summed E-state index contributed by atoms with van der Waals surface area (Å²) in [6, 6.07) is 0. The molecule has 362 valence electrons. The first-order valence-electron chi connectivity index (χ1n) is 24.3. The Morgan fingerprint density at radius 1 is 0.500 bits per heavy atom. The van der Waals surface area contributed by atoms with Crippen LogP contribution in [0.1, 0.15) is 200 Å². The van der Waals surface area contributed by atoms with E-state index in [-0.39, 0.29) is 12.8 Å². The number of esters is 2. The van der Waals surface area contributed by atoms with Crippen molar-refractivity contribution in [3.63, 3.8) is 0 Å². The molecular formula is C48H87O13P. The Bertz CT molecular complexity index is 1230.